The third kappa shape index (κ3) is 8.81. The number of aliphatic imine (C=N–C) groups is 1. The summed E-state index contributed by atoms with van der Waals surface area (Å²) in [6.07, 6.45) is 6.70. The van der Waals surface area contributed by atoms with Crippen molar-refractivity contribution in [1.29, 1.82) is 0 Å². The number of carbonyl (C=O) groups is 1. The van der Waals surface area contributed by atoms with Crippen molar-refractivity contribution in [3.05, 3.63) is 29.8 Å². The summed E-state index contributed by atoms with van der Waals surface area (Å²) >= 11 is 0. The number of rotatable bonds is 8. The lowest BCUT2D eigenvalue weighted by Crippen LogP contribution is -2.41. The van der Waals surface area contributed by atoms with E-state index in [0.29, 0.717) is 12.0 Å². The number of methoxy groups -OCH3 is 1. The zero-order valence-electron chi connectivity index (χ0n) is 16.4. The smallest absolute Gasteiger partial charge is 0.242 e. The van der Waals surface area contributed by atoms with E-state index in [2.05, 4.69) is 27.0 Å². The van der Waals surface area contributed by atoms with Crippen molar-refractivity contribution in [2.75, 3.05) is 26.7 Å². The summed E-state index contributed by atoms with van der Waals surface area (Å²) in [5.74, 6) is 1.56. The lowest BCUT2D eigenvalue weighted by Gasteiger charge is -2.22. The van der Waals surface area contributed by atoms with E-state index < -0.39 is 0 Å². The zero-order valence-corrected chi connectivity index (χ0v) is 18.8. The fourth-order valence-electron chi connectivity index (χ4n) is 3.24. The van der Waals surface area contributed by atoms with Gasteiger partial charge >= 0.3 is 0 Å². The molecule has 1 aliphatic carbocycles. The molecule has 0 heterocycles. The van der Waals surface area contributed by atoms with E-state index in [0.717, 1.165) is 43.7 Å². The molecule has 0 unspecified atom stereocenters. The molecular formula is C20H33IN4O2. The van der Waals surface area contributed by atoms with Crippen LogP contribution in [0.1, 0.15) is 44.6 Å². The Bertz CT molecular complexity index is 589. The standard InChI is InChI=1S/C20H32N4O2.HI/c1-3-21-20(22-14-13-16-9-7-8-12-18(16)26-2)23-15-19(25)24-17-10-5-4-6-11-17;/h7-9,12,17H,3-6,10-11,13-15H2,1-2H3,(H,24,25)(H2,21,22,23);1H. The van der Waals surface area contributed by atoms with Crippen LogP contribution in [-0.2, 0) is 11.2 Å². The molecule has 0 atom stereocenters. The van der Waals surface area contributed by atoms with Gasteiger partial charge in [-0.3, -0.25) is 4.79 Å². The highest BCUT2D eigenvalue weighted by Gasteiger charge is 2.15. The normalized spacial score (nSPS) is 14.8. The number of para-hydroxylation sites is 1. The first-order valence-corrected chi connectivity index (χ1v) is 9.66. The van der Waals surface area contributed by atoms with Gasteiger partial charge < -0.3 is 20.7 Å². The van der Waals surface area contributed by atoms with Gasteiger partial charge in [-0.1, -0.05) is 37.5 Å². The summed E-state index contributed by atoms with van der Waals surface area (Å²) in [5.41, 5.74) is 1.15. The van der Waals surface area contributed by atoms with E-state index >= 15 is 0 Å². The van der Waals surface area contributed by atoms with Gasteiger partial charge in [-0.25, -0.2) is 4.99 Å². The molecule has 1 aromatic rings. The zero-order chi connectivity index (χ0) is 18.6. The van der Waals surface area contributed by atoms with E-state index in [-0.39, 0.29) is 36.4 Å². The second kappa shape index (κ2) is 13.6. The third-order valence-electron chi connectivity index (χ3n) is 4.57. The van der Waals surface area contributed by atoms with Gasteiger partial charge in [0, 0.05) is 19.1 Å². The maximum Gasteiger partial charge on any atom is 0.242 e. The second-order valence-electron chi connectivity index (χ2n) is 6.59. The van der Waals surface area contributed by atoms with E-state index in [4.69, 9.17) is 4.74 Å². The summed E-state index contributed by atoms with van der Waals surface area (Å²) in [6, 6.07) is 8.32. The number of ether oxygens (including phenoxy) is 1. The quantitative estimate of drug-likeness (QED) is 0.299. The SMILES string of the molecule is CCNC(=NCC(=O)NC1CCCCC1)NCCc1ccccc1OC.I. The van der Waals surface area contributed by atoms with Gasteiger partial charge in [-0.2, -0.15) is 0 Å². The first-order valence-electron chi connectivity index (χ1n) is 9.66. The minimum atomic E-state index is -0.00108. The van der Waals surface area contributed by atoms with Crippen molar-refractivity contribution in [1.82, 2.24) is 16.0 Å². The molecule has 2 rings (SSSR count). The Morgan fingerprint density at radius 3 is 2.63 bits per heavy atom. The lowest BCUT2D eigenvalue weighted by atomic mass is 9.95. The molecule has 0 saturated heterocycles. The largest absolute Gasteiger partial charge is 0.496 e. The summed E-state index contributed by atoms with van der Waals surface area (Å²) in [4.78, 5) is 16.5. The molecule has 27 heavy (non-hydrogen) atoms. The minimum absolute atomic E-state index is 0. The third-order valence-corrected chi connectivity index (χ3v) is 4.57. The van der Waals surface area contributed by atoms with Crippen molar-refractivity contribution < 1.29 is 9.53 Å². The van der Waals surface area contributed by atoms with Crippen molar-refractivity contribution >= 4 is 35.8 Å². The number of hydrogen-bond acceptors (Lipinski definition) is 3. The van der Waals surface area contributed by atoms with Crippen molar-refractivity contribution in [3.8, 4) is 5.75 Å². The Morgan fingerprint density at radius 2 is 1.93 bits per heavy atom. The molecule has 1 amide bonds. The molecule has 152 valence electrons. The van der Waals surface area contributed by atoms with Crippen LogP contribution in [-0.4, -0.2) is 44.7 Å². The van der Waals surface area contributed by atoms with Crippen LogP contribution in [0.25, 0.3) is 0 Å². The lowest BCUT2D eigenvalue weighted by molar-refractivity contribution is -0.120. The van der Waals surface area contributed by atoms with Gasteiger partial charge in [0.1, 0.15) is 12.3 Å². The number of nitrogens with one attached hydrogen (secondary N) is 3. The van der Waals surface area contributed by atoms with Crippen LogP contribution in [0.15, 0.2) is 29.3 Å². The molecule has 0 radical (unpaired) electrons. The Balaban J connectivity index is 0.00000364. The first-order chi connectivity index (χ1) is 12.7. The molecule has 1 aromatic carbocycles. The molecule has 3 N–H and O–H groups in total. The van der Waals surface area contributed by atoms with Crippen LogP contribution in [0.5, 0.6) is 5.75 Å². The Hall–Kier alpha value is -1.51. The average Bonchev–Trinajstić information content (AvgIpc) is 2.67. The van der Waals surface area contributed by atoms with Crippen molar-refractivity contribution in [2.24, 2.45) is 4.99 Å². The van der Waals surface area contributed by atoms with Crippen LogP contribution < -0.4 is 20.7 Å². The van der Waals surface area contributed by atoms with Gasteiger partial charge in [0.05, 0.1) is 7.11 Å². The maximum atomic E-state index is 12.1. The monoisotopic (exact) mass is 488 g/mol. The second-order valence-corrected chi connectivity index (χ2v) is 6.59. The number of benzene rings is 1. The summed E-state index contributed by atoms with van der Waals surface area (Å²) in [6.45, 7) is 3.64. The minimum Gasteiger partial charge on any atom is -0.496 e. The van der Waals surface area contributed by atoms with Crippen LogP contribution in [0.4, 0.5) is 0 Å². The molecule has 6 nitrogen and oxygen atoms in total. The highest BCUT2D eigenvalue weighted by molar-refractivity contribution is 14.0. The molecule has 1 fully saturated rings. The predicted octanol–water partition coefficient (Wildman–Crippen LogP) is 2.86. The van der Waals surface area contributed by atoms with Gasteiger partial charge in [0.15, 0.2) is 5.96 Å². The molecule has 7 heteroatoms. The predicted molar refractivity (Wildman–Crippen MR) is 121 cm³/mol. The van der Waals surface area contributed by atoms with Crippen LogP contribution in [0.2, 0.25) is 0 Å². The topological polar surface area (TPSA) is 74.8 Å². The summed E-state index contributed by atoms with van der Waals surface area (Å²) in [7, 11) is 1.68. The first kappa shape index (κ1) is 23.5. The molecule has 0 bridgehead atoms. The van der Waals surface area contributed by atoms with Gasteiger partial charge in [-0.15, -0.1) is 24.0 Å². The average molecular weight is 488 g/mol. The summed E-state index contributed by atoms with van der Waals surface area (Å²) in [5, 5.41) is 9.56. The fourth-order valence-corrected chi connectivity index (χ4v) is 3.24. The Kier molecular flexibility index (Phi) is 11.9. The number of hydrogen-bond donors (Lipinski definition) is 3. The number of amides is 1. The highest BCUT2D eigenvalue weighted by Crippen LogP contribution is 2.17. The molecule has 1 saturated carbocycles. The highest BCUT2D eigenvalue weighted by atomic mass is 127. The number of guanidine groups is 1. The number of nitrogens with zero attached hydrogens (tertiary/aromatic N) is 1. The summed E-state index contributed by atoms with van der Waals surface area (Å²) < 4.78 is 5.37. The Morgan fingerprint density at radius 1 is 1.19 bits per heavy atom. The molecule has 0 aliphatic heterocycles. The molecule has 0 spiro atoms. The van der Waals surface area contributed by atoms with E-state index in [1.54, 1.807) is 7.11 Å². The maximum absolute atomic E-state index is 12.1. The van der Waals surface area contributed by atoms with E-state index in [1.807, 2.05) is 25.1 Å². The van der Waals surface area contributed by atoms with E-state index in [1.165, 1.54) is 19.3 Å². The van der Waals surface area contributed by atoms with Crippen molar-refractivity contribution in [2.45, 2.75) is 51.5 Å². The molecule has 0 aromatic heterocycles. The van der Waals surface area contributed by atoms with Crippen LogP contribution in [0.3, 0.4) is 0 Å². The number of halogens is 1. The van der Waals surface area contributed by atoms with Gasteiger partial charge in [-0.05, 0) is 37.8 Å². The van der Waals surface area contributed by atoms with Gasteiger partial charge in [0.2, 0.25) is 5.91 Å². The van der Waals surface area contributed by atoms with Crippen LogP contribution in [0, 0.1) is 0 Å². The van der Waals surface area contributed by atoms with Crippen LogP contribution >= 0.6 is 24.0 Å². The molecule has 1 aliphatic rings. The van der Waals surface area contributed by atoms with Crippen molar-refractivity contribution in [3.63, 3.8) is 0 Å². The molecular weight excluding hydrogens is 455 g/mol. The number of carbonyl (C=O) groups excluding carboxylic acids is 1. The van der Waals surface area contributed by atoms with E-state index in [9.17, 15) is 4.79 Å². The fraction of sp³-hybridized carbons (Fsp3) is 0.600. The Labute approximate surface area is 179 Å². The van der Waals surface area contributed by atoms with Gasteiger partial charge in [0.25, 0.3) is 0 Å².